The second kappa shape index (κ2) is 8.27. The third-order valence-electron chi connectivity index (χ3n) is 3.99. The summed E-state index contributed by atoms with van der Waals surface area (Å²) >= 11 is 0. The lowest BCUT2D eigenvalue weighted by Crippen LogP contribution is -2.22. The molecule has 0 saturated heterocycles. The van der Waals surface area contributed by atoms with Gasteiger partial charge in [0.1, 0.15) is 5.82 Å². The van der Waals surface area contributed by atoms with Gasteiger partial charge in [0.05, 0.1) is 11.1 Å². The average molecular weight is 364 g/mol. The smallest absolute Gasteiger partial charge is 0.338 e. The number of fused-ring (bicyclic) bond motifs is 1. The van der Waals surface area contributed by atoms with Crippen LogP contribution in [-0.2, 0) is 22.6 Å². The first-order valence-electron chi connectivity index (χ1n) is 8.54. The molecule has 0 aliphatic heterocycles. The van der Waals surface area contributed by atoms with Crippen molar-refractivity contribution in [2.45, 2.75) is 20.0 Å². The summed E-state index contributed by atoms with van der Waals surface area (Å²) in [6.07, 6.45) is 0.694. The molecular formula is C20H20N4O3. The van der Waals surface area contributed by atoms with Crippen LogP contribution in [0.4, 0.5) is 5.82 Å². The minimum atomic E-state index is -0.459. The number of nitrogens with two attached hydrogens (primary N) is 1. The van der Waals surface area contributed by atoms with Crippen LogP contribution in [0.5, 0.6) is 0 Å². The maximum Gasteiger partial charge on any atom is 0.338 e. The van der Waals surface area contributed by atoms with E-state index in [1.807, 2.05) is 36.4 Å². The quantitative estimate of drug-likeness (QED) is 0.650. The first-order valence-corrected chi connectivity index (χ1v) is 8.54. The molecule has 0 fully saturated rings. The maximum atomic E-state index is 12.2. The van der Waals surface area contributed by atoms with Gasteiger partial charge in [-0.2, -0.15) is 0 Å². The predicted octanol–water partition coefficient (Wildman–Crippen LogP) is 2.25. The minimum absolute atomic E-state index is 0.0574. The van der Waals surface area contributed by atoms with Crippen LogP contribution in [0.15, 0.2) is 48.5 Å². The summed E-state index contributed by atoms with van der Waals surface area (Å²) in [4.78, 5) is 31.6. The Morgan fingerprint density at radius 3 is 2.56 bits per heavy atom. The Balaban J connectivity index is 1.60. The highest BCUT2D eigenvalue weighted by atomic mass is 16.5. The van der Waals surface area contributed by atoms with E-state index in [4.69, 9.17) is 10.5 Å². The molecule has 0 atom stereocenters. The first-order chi connectivity index (χ1) is 13.0. The van der Waals surface area contributed by atoms with Crippen molar-refractivity contribution in [2.75, 3.05) is 12.3 Å². The zero-order chi connectivity index (χ0) is 19.2. The second-order valence-electron chi connectivity index (χ2n) is 6.05. The molecule has 2 aromatic carbocycles. The molecule has 0 spiro atoms. The van der Waals surface area contributed by atoms with Crippen LogP contribution >= 0.6 is 0 Å². The van der Waals surface area contributed by atoms with Gasteiger partial charge in [0.2, 0.25) is 5.91 Å². The molecule has 27 heavy (non-hydrogen) atoms. The van der Waals surface area contributed by atoms with Crippen molar-refractivity contribution in [3.05, 3.63) is 65.5 Å². The number of esters is 1. The van der Waals surface area contributed by atoms with E-state index < -0.39 is 5.97 Å². The van der Waals surface area contributed by atoms with Crippen LogP contribution < -0.4 is 11.1 Å². The van der Waals surface area contributed by atoms with Crippen LogP contribution in [0.2, 0.25) is 0 Å². The van der Waals surface area contributed by atoms with E-state index in [2.05, 4.69) is 15.3 Å². The number of rotatable bonds is 6. The fourth-order valence-corrected chi connectivity index (χ4v) is 2.62. The summed E-state index contributed by atoms with van der Waals surface area (Å²) in [5.74, 6) is 0.187. The van der Waals surface area contributed by atoms with Gasteiger partial charge in [0.15, 0.2) is 12.4 Å². The standard InChI is InChI=1S/C20H20N4O3/c1-13(25)22-11-10-14-6-8-15(9-7-14)20(26)27-12-18-23-17-5-3-2-4-16(17)19(21)24-18/h2-9H,10-12H2,1H3,(H,22,25)(H2,21,23,24). The molecule has 7 nitrogen and oxygen atoms in total. The van der Waals surface area contributed by atoms with Crippen molar-refractivity contribution in [3.63, 3.8) is 0 Å². The zero-order valence-electron chi connectivity index (χ0n) is 14.9. The topological polar surface area (TPSA) is 107 Å². The summed E-state index contributed by atoms with van der Waals surface area (Å²) in [7, 11) is 0. The van der Waals surface area contributed by atoms with Crippen LogP contribution in [0.1, 0.15) is 28.7 Å². The van der Waals surface area contributed by atoms with Crippen LogP contribution in [0.3, 0.4) is 0 Å². The fraction of sp³-hybridized carbons (Fsp3) is 0.200. The molecule has 0 aliphatic rings. The second-order valence-corrected chi connectivity index (χ2v) is 6.05. The fourth-order valence-electron chi connectivity index (χ4n) is 2.62. The lowest BCUT2D eigenvalue weighted by Gasteiger charge is -2.07. The highest BCUT2D eigenvalue weighted by Crippen LogP contribution is 2.17. The Morgan fingerprint density at radius 2 is 1.81 bits per heavy atom. The summed E-state index contributed by atoms with van der Waals surface area (Å²) < 4.78 is 5.29. The predicted molar refractivity (Wildman–Crippen MR) is 102 cm³/mol. The molecule has 3 aromatic rings. The van der Waals surface area contributed by atoms with E-state index in [0.29, 0.717) is 35.7 Å². The van der Waals surface area contributed by atoms with E-state index in [0.717, 1.165) is 10.9 Å². The van der Waals surface area contributed by atoms with Gasteiger partial charge in [-0.1, -0.05) is 24.3 Å². The van der Waals surface area contributed by atoms with Crippen molar-refractivity contribution >= 4 is 28.6 Å². The number of para-hydroxylation sites is 1. The molecule has 0 bridgehead atoms. The van der Waals surface area contributed by atoms with Gasteiger partial charge in [0.25, 0.3) is 0 Å². The number of carbonyl (C=O) groups is 2. The van der Waals surface area contributed by atoms with Crippen molar-refractivity contribution < 1.29 is 14.3 Å². The van der Waals surface area contributed by atoms with Gasteiger partial charge in [-0.25, -0.2) is 14.8 Å². The SMILES string of the molecule is CC(=O)NCCc1ccc(C(=O)OCc2nc(N)c3ccccc3n2)cc1. The van der Waals surface area contributed by atoms with Crippen LogP contribution in [-0.4, -0.2) is 28.4 Å². The molecule has 0 unspecified atom stereocenters. The highest BCUT2D eigenvalue weighted by Gasteiger charge is 2.10. The number of anilines is 1. The lowest BCUT2D eigenvalue weighted by atomic mass is 10.1. The number of carbonyl (C=O) groups excluding carboxylic acids is 2. The number of aromatic nitrogens is 2. The molecule has 0 aliphatic carbocycles. The van der Waals surface area contributed by atoms with Crippen LogP contribution in [0.25, 0.3) is 10.9 Å². The Bertz CT molecular complexity index is 971. The molecule has 1 heterocycles. The number of nitrogens with zero attached hydrogens (tertiary/aromatic N) is 2. The molecule has 138 valence electrons. The number of nitrogens with one attached hydrogen (secondary N) is 1. The number of ether oxygens (including phenoxy) is 1. The molecular weight excluding hydrogens is 344 g/mol. The molecule has 0 saturated carbocycles. The van der Waals surface area contributed by atoms with Crippen molar-refractivity contribution in [1.29, 1.82) is 0 Å². The van der Waals surface area contributed by atoms with Crippen molar-refractivity contribution in [2.24, 2.45) is 0 Å². The van der Waals surface area contributed by atoms with E-state index in [-0.39, 0.29) is 12.5 Å². The normalized spacial score (nSPS) is 10.6. The first kappa shape index (κ1) is 18.3. The average Bonchev–Trinajstić information content (AvgIpc) is 2.66. The summed E-state index contributed by atoms with van der Waals surface area (Å²) in [5.41, 5.74) is 8.10. The molecule has 1 amide bonds. The van der Waals surface area contributed by atoms with Gasteiger partial charge in [-0.05, 0) is 36.2 Å². The van der Waals surface area contributed by atoms with Gasteiger partial charge in [-0.3, -0.25) is 4.79 Å². The summed E-state index contributed by atoms with van der Waals surface area (Å²) in [6.45, 7) is 1.98. The third-order valence-corrected chi connectivity index (χ3v) is 3.99. The molecule has 1 aromatic heterocycles. The molecule has 7 heteroatoms. The van der Waals surface area contributed by atoms with Crippen molar-refractivity contribution in [1.82, 2.24) is 15.3 Å². The Morgan fingerprint density at radius 1 is 1.07 bits per heavy atom. The lowest BCUT2D eigenvalue weighted by molar-refractivity contribution is -0.118. The Kier molecular flexibility index (Phi) is 5.61. The maximum absolute atomic E-state index is 12.2. The molecule has 0 radical (unpaired) electrons. The van der Waals surface area contributed by atoms with E-state index in [1.54, 1.807) is 12.1 Å². The van der Waals surface area contributed by atoms with Gasteiger partial charge in [-0.15, -0.1) is 0 Å². The zero-order valence-corrected chi connectivity index (χ0v) is 14.9. The van der Waals surface area contributed by atoms with Crippen LogP contribution in [0, 0.1) is 0 Å². The monoisotopic (exact) mass is 364 g/mol. The number of nitrogen functional groups attached to an aromatic ring is 1. The van der Waals surface area contributed by atoms with Crippen molar-refractivity contribution in [3.8, 4) is 0 Å². The molecule has 3 rings (SSSR count). The van der Waals surface area contributed by atoms with Gasteiger partial charge >= 0.3 is 5.97 Å². The molecule has 3 N–H and O–H groups in total. The summed E-state index contributed by atoms with van der Waals surface area (Å²) in [5, 5.41) is 3.50. The van der Waals surface area contributed by atoms with E-state index in [9.17, 15) is 9.59 Å². The highest BCUT2D eigenvalue weighted by molar-refractivity contribution is 5.89. The number of amides is 1. The van der Waals surface area contributed by atoms with Gasteiger partial charge in [0, 0.05) is 18.9 Å². The number of hydrogen-bond acceptors (Lipinski definition) is 6. The minimum Gasteiger partial charge on any atom is -0.454 e. The number of benzene rings is 2. The van der Waals surface area contributed by atoms with E-state index >= 15 is 0 Å². The summed E-state index contributed by atoms with van der Waals surface area (Å²) in [6, 6.07) is 14.5. The van der Waals surface area contributed by atoms with Gasteiger partial charge < -0.3 is 15.8 Å². The Labute approximate surface area is 156 Å². The Hall–Kier alpha value is -3.48. The third kappa shape index (κ3) is 4.78. The van der Waals surface area contributed by atoms with E-state index in [1.165, 1.54) is 6.92 Å². The number of hydrogen-bond donors (Lipinski definition) is 2. The largest absolute Gasteiger partial charge is 0.454 e.